The molecule has 27 heavy (non-hydrogen) atoms. The molecule has 1 aromatic heterocycles. The number of rotatable bonds is 4. The van der Waals surface area contributed by atoms with Crippen LogP contribution in [-0.2, 0) is 0 Å². The van der Waals surface area contributed by atoms with Crippen molar-refractivity contribution >= 4 is 23.2 Å². The summed E-state index contributed by atoms with van der Waals surface area (Å²) in [6.45, 7) is 1.93. The molecular formula is C22H17N3O2. The molecule has 132 valence electrons. The molecule has 0 fully saturated rings. The molecule has 0 saturated heterocycles. The highest BCUT2D eigenvalue weighted by Gasteiger charge is 2.22. The standard InChI is InChI=1S/C22H17N3O2/c1-3-25(18-10-5-4-6-11-18)22(27)20-15-23-13-12-19(20)21(26)24-17-9-7-8-16(2)14-17/h1,4-15H,2H3,(H,24,26). The van der Waals surface area contributed by atoms with E-state index in [1.54, 1.807) is 30.3 Å². The molecule has 0 aliphatic carbocycles. The summed E-state index contributed by atoms with van der Waals surface area (Å²) in [6, 6.07) is 20.1. The molecule has 0 unspecified atom stereocenters. The van der Waals surface area contributed by atoms with Gasteiger partial charge in [-0.15, -0.1) is 0 Å². The van der Waals surface area contributed by atoms with Gasteiger partial charge in [0.1, 0.15) is 0 Å². The molecule has 2 amide bonds. The van der Waals surface area contributed by atoms with Gasteiger partial charge in [-0.25, -0.2) is 4.90 Å². The number of hydrogen-bond donors (Lipinski definition) is 1. The molecule has 0 aliphatic heterocycles. The molecular weight excluding hydrogens is 338 g/mol. The minimum Gasteiger partial charge on any atom is -0.322 e. The van der Waals surface area contributed by atoms with E-state index in [1.165, 1.54) is 18.5 Å². The van der Waals surface area contributed by atoms with Crippen LogP contribution in [0.3, 0.4) is 0 Å². The second-order valence-corrected chi connectivity index (χ2v) is 5.85. The number of carbonyl (C=O) groups excluding carboxylic acids is 2. The lowest BCUT2D eigenvalue weighted by molar-refractivity contribution is 0.0976. The Kier molecular flexibility index (Phi) is 5.29. The molecule has 2 aromatic carbocycles. The average molecular weight is 355 g/mol. The second kappa shape index (κ2) is 7.98. The number of nitrogens with zero attached hydrogens (tertiary/aromatic N) is 2. The number of aryl methyl sites for hydroxylation is 1. The summed E-state index contributed by atoms with van der Waals surface area (Å²) < 4.78 is 0. The zero-order valence-corrected chi connectivity index (χ0v) is 14.7. The van der Waals surface area contributed by atoms with Crippen molar-refractivity contribution in [2.75, 3.05) is 10.2 Å². The van der Waals surface area contributed by atoms with Crippen LogP contribution in [0.15, 0.2) is 73.1 Å². The van der Waals surface area contributed by atoms with Gasteiger partial charge in [0, 0.05) is 24.1 Å². The fourth-order valence-corrected chi connectivity index (χ4v) is 2.63. The normalized spacial score (nSPS) is 9.93. The van der Waals surface area contributed by atoms with Gasteiger partial charge in [0.15, 0.2) is 0 Å². The van der Waals surface area contributed by atoms with Crippen LogP contribution >= 0.6 is 0 Å². The topological polar surface area (TPSA) is 62.3 Å². The van der Waals surface area contributed by atoms with E-state index < -0.39 is 11.8 Å². The summed E-state index contributed by atoms with van der Waals surface area (Å²) in [6.07, 6.45) is 8.35. The lowest BCUT2D eigenvalue weighted by Gasteiger charge is -2.17. The Morgan fingerprint density at radius 1 is 1.04 bits per heavy atom. The number of amides is 2. The summed E-state index contributed by atoms with van der Waals surface area (Å²) in [5.74, 6) is -0.900. The van der Waals surface area contributed by atoms with E-state index in [0.29, 0.717) is 11.4 Å². The van der Waals surface area contributed by atoms with Crippen molar-refractivity contribution in [3.8, 4) is 12.5 Å². The van der Waals surface area contributed by atoms with Crippen LogP contribution in [0.25, 0.3) is 0 Å². The average Bonchev–Trinajstić information content (AvgIpc) is 2.69. The Morgan fingerprint density at radius 2 is 1.81 bits per heavy atom. The van der Waals surface area contributed by atoms with Crippen molar-refractivity contribution < 1.29 is 9.59 Å². The monoisotopic (exact) mass is 355 g/mol. The molecule has 3 aromatic rings. The van der Waals surface area contributed by atoms with E-state index in [4.69, 9.17) is 6.42 Å². The Balaban J connectivity index is 1.92. The number of benzene rings is 2. The number of carbonyl (C=O) groups is 2. The predicted octanol–water partition coefficient (Wildman–Crippen LogP) is 3.88. The van der Waals surface area contributed by atoms with Gasteiger partial charge in [0.2, 0.25) is 0 Å². The van der Waals surface area contributed by atoms with Gasteiger partial charge in [-0.3, -0.25) is 14.6 Å². The summed E-state index contributed by atoms with van der Waals surface area (Å²) in [4.78, 5) is 30.8. The van der Waals surface area contributed by atoms with Gasteiger partial charge in [-0.2, -0.15) is 0 Å². The van der Waals surface area contributed by atoms with Gasteiger partial charge in [0.25, 0.3) is 11.8 Å². The number of pyridine rings is 1. The van der Waals surface area contributed by atoms with E-state index in [2.05, 4.69) is 16.3 Å². The quantitative estimate of drug-likeness (QED) is 0.571. The number of hydrogen-bond acceptors (Lipinski definition) is 3. The molecule has 1 N–H and O–H groups in total. The molecule has 0 saturated carbocycles. The smallest absolute Gasteiger partial charge is 0.272 e. The van der Waals surface area contributed by atoms with E-state index in [-0.39, 0.29) is 11.1 Å². The third kappa shape index (κ3) is 4.02. The first-order chi connectivity index (χ1) is 13.1. The third-order valence-corrected chi connectivity index (χ3v) is 3.92. The maximum atomic E-state index is 13.0. The van der Waals surface area contributed by atoms with Crippen molar-refractivity contribution in [1.29, 1.82) is 0 Å². The maximum Gasteiger partial charge on any atom is 0.272 e. The molecule has 3 rings (SSSR count). The zero-order valence-electron chi connectivity index (χ0n) is 14.7. The van der Waals surface area contributed by atoms with E-state index in [1.807, 2.05) is 31.2 Å². The second-order valence-electron chi connectivity index (χ2n) is 5.85. The molecule has 1 heterocycles. The SMILES string of the molecule is C#CN(C(=O)c1cnccc1C(=O)Nc1cccc(C)c1)c1ccccc1. The van der Waals surface area contributed by atoms with Crippen LogP contribution in [0.5, 0.6) is 0 Å². The predicted molar refractivity (Wildman–Crippen MR) is 105 cm³/mol. The molecule has 5 nitrogen and oxygen atoms in total. The minimum absolute atomic E-state index is 0.129. The van der Waals surface area contributed by atoms with Gasteiger partial charge in [-0.05, 0) is 42.8 Å². The molecule has 0 aliphatic rings. The van der Waals surface area contributed by atoms with Crippen LogP contribution < -0.4 is 10.2 Å². The van der Waals surface area contributed by atoms with Gasteiger partial charge < -0.3 is 5.32 Å². The van der Waals surface area contributed by atoms with Crippen molar-refractivity contribution in [2.45, 2.75) is 6.92 Å². The Labute approximate surface area is 157 Å². The van der Waals surface area contributed by atoms with E-state index in [0.717, 1.165) is 10.5 Å². The van der Waals surface area contributed by atoms with Crippen molar-refractivity contribution in [1.82, 2.24) is 4.98 Å². The van der Waals surface area contributed by atoms with Crippen LogP contribution in [0.1, 0.15) is 26.3 Å². The van der Waals surface area contributed by atoms with Crippen LogP contribution in [0, 0.1) is 19.4 Å². The fraction of sp³-hybridized carbons (Fsp3) is 0.0455. The minimum atomic E-state index is -0.494. The van der Waals surface area contributed by atoms with Gasteiger partial charge in [-0.1, -0.05) is 36.8 Å². The zero-order chi connectivity index (χ0) is 19.2. The van der Waals surface area contributed by atoms with E-state index in [9.17, 15) is 9.59 Å². The number of anilines is 2. The third-order valence-electron chi connectivity index (χ3n) is 3.92. The summed E-state index contributed by atoms with van der Waals surface area (Å²) >= 11 is 0. The highest BCUT2D eigenvalue weighted by Crippen LogP contribution is 2.19. The van der Waals surface area contributed by atoms with Crippen LogP contribution in [0.4, 0.5) is 11.4 Å². The molecule has 0 spiro atoms. The summed E-state index contributed by atoms with van der Waals surface area (Å²) in [5, 5.41) is 2.80. The fourth-order valence-electron chi connectivity index (χ4n) is 2.63. The first kappa shape index (κ1) is 17.9. The Bertz CT molecular complexity index is 1020. The van der Waals surface area contributed by atoms with Crippen LogP contribution in [-0.4, -0.2) is 16.8 Å². The Morgan fingerprint density at radius 3 is 2.52 bits per heavy atom. The first-order valence-electron chi connectivity index (χ1n) is 8.28. The lowest BCUT2D eigenvalue weighted by atomic mass is 10.1. The van der Waals surface area contributed by atoms with Crippen molar-refractivity contribution in [3.05, 3.63) is 89.7 Å². The maximum absolute atomic E-state index is 13.0. The molecule has 0 atom stereocenters. The first-order valence-corrected chi connectivity index (χ1v) is 8.28. The van der Waals surface area contributed by atoms with Gasteiger partial charge in [0.05, 0.1) is 16.8 Å². The van der Waals surface area contributed by atoms with E-state index >= 15 is 0 Å². The lowest BCUT2D eigenvalue weighted by Crippen LogP contribution is -2.28. The number of para-hydroxylation sites is 1. The largest absolute Gasteiger partial charge is 0.322 e. The number of aromatic nitrogens is 1. The van der Waals surface area contributed by atoms with Crippen molar-refractivity contribution in [3.63, 3.8) is 0 Å². The molecule has 5 heteroatoms. The molecule has 0 radical (unpaired) electrons. The van der Waals surface area contributed by atoms with Crippen molar-refractivity contribution in [2.24, 2.45) is 0 Å². The molecule has 0 bridgehead atoms. The van der Waals surface area contributed by atoms with Crippen LogP contribution in [0.2, 0.25) is 0 Å². The van der Waals surface area contributed by atoms with Gasteiger partial charge >= 0.3 is 0 Å². The summed E-state index contributed by atoms with van der Waals surface area (Å²) in [7, 11) is 0. The highest BCUT2D eigenvalue weighted by molar-refractivity contribution is 6.16. The Hall–Kier alpha value is -3.91. The highest BCUT2D eigenvalue weighted by atomic mass is 16.2. The number of terminal acetylenes is 1. The summed E-state index contributed by atoms with van der Waals surface area (Å²) in [5.41, 5.74) is 2.53. The number of nitrogens with one attached hydrogen (secondary N) is 1.